The van der Waals surface area contributed by atoms with Gasteiger partial charge in [0.2, 0.25) is 0 Å². The van der Waals surface area contributed by atoms with E-state index >= 15 is 0 Å². The zero-order valence-electron chi connectivity index (χ0n) is 10.6. The molecule has 1 heterocycles. The van der Waals surface area contributed by atoms with E-state index in [4.69, 9.17) is 4.74 Å². The molecule has 1 rings (SSSR count). The van der Waals surface area contributed by atoms with Gasteiger partial charge in [-0.25, -0.2) is 8.42 Å². The first kappa shape index (κ1) is 14.9. The van der Waals surface area contributed by atoms with Gasteiger partial charge in [0.05, 0.1) is 18.0 Å². The Balaban J connectivity index is 2.06. The summed E-state index contributed by atoms with van der Waals surface area (Å²) in [5.41, 5.74) is 0. The Morgan fingerprint density at radius 3 is 2.76 bits per heavy atom. The van der Waals surface area contributed by atoms with Crippen LogP contribution < -0.4 is 0 Å². The highest BCUT2D eigenvalue weighted by Gasteiger charge is 2.17. The predicted molar refractivity (Wildman–Crippen MR) is 67.8 cm³/mol. The van der Waals surface area contributed by atoms with Crippen LogP contribution in [0.1, 0.15) is 45.4 Å². The van der Waals surface area contributed by atoms with Crippen molar-refractivity contribution in [2.24, 2.45) is 0 Å². The molecule has 4 nitrogen and oxygen atoms in total. The lowest BCUT2D eigenvalue weighted by Gasteiger charge is -2.13. The largest absolute Gasteiger partial charge is 0.393 e. The molecule has 0 amide bonds. The van der Waals surface area contributed by atoms with Crippen LogP contribution in [0.15, 0.2) is 0 Å². The summed E-state index contributed by atoms with van der Waals surface area (Å²) in [6.07, 6.45) is 4.88. The second-order valence-corrected chi connectivity index (χ2v) is 7.22. The van der Waals surface area contributed by atoms with Crippen LogP contribution in [0, 0.1) is 0 Å². The Hall–Kier alpha value is -0.130. The number of rotatable bonds is 8. The predicted octanol–water partition coefficient (Wildman–Crippen LogP) is 1.52. The zero-order chi connectivity index (χ0) is 12.7. The van der Waals surface area contributed by atoms with E-state index in [1.54, 1.807) is 6.92 Å². The average Bonchev–Trinajstić information content (AvgIpc) is 2.79. The molecule has 17 heavy (non-hydrogen) atoms. The molecule has 1 aliphatic heterocycles. The molecule has 1 saturated heterocycles. The van der Waals surface area contributed by atoms with E-state index in [9.17, 15) is 13.5 Å². The molecule has 0 aromatic carbocycles. The molecule has 0 radical (unpaired) electrons. The third-order valence-electron chi connectivity index (χ3n) is 3.28. The topological polar surface area (TPSA) is 63.6 Å². The van der Waals surface area contributed by atoms with Gasteiger partial charge in [0.1, 0.15) is 9.84 Å². The van der Waals surface area contributed by atoms with E-state index in [0.29, 0.717) is 18.9 Å². The second kappa shape index (κ2) is 7.34. The highest BCUT2D eigenvalue weighted by atomic mass is 32.2. The number of aliphatic hydroxyl groups is 1. The monoisotopic (exact) mass is 264 g/mol. The first-order valence-electron chi connectivity index (χ1n) is 6.53. The molecule has 0 bridgehead atoms. The maximum absolute atomic E-state index is 11.2. The smallest absolute Gasteiger partial charge is 0.150 e. The van der Waals surface area contributed by atoms with Crippen LogP contribution >= 0.6 is 0 Å². The molecule has 102 valence electrons. The Kier molecular flexibility index (Phi) is 6.44. The van der Waals surface area contributed by atoms with Crippen LogP contribution in [0.2, 0.25) is 0 Å². The van der Waals surface area contributed by atoms with Gasteiger partial charge < -0.3 is 9.84 Å². The summed E-state index contributed by atoms with van der Waals surface area (Å²) in [4.78, 5) is 0. The van der Waals surface area contributed by atoms with E-state index in [-0.39, 0.29) is 17.6 Å². The molecule has 2 unspecified atom stereocenters. The third-order valence-corrected chi connectivity index (χ3v) is 5.07. The fourth-order valence-electron chi connectivity index (χ4n) is 2.08. The highest BCUT2D eigenvalue weighted by molar-refractivity contribution is 7.91. The number of aliphatic hydroxyl groups excluding tert-OH is 1. The summed E-state index contributed by atoms with van der Waals surface area (Å²) < 4.78 is 28.0. The average molecular weight is 264 g/mol. The van der Waals surface area contributed by atoms with Crippen LogP contribution in [0.5, 0.6) is 0 Å². The van der Waals surface area contributed by atoms with Crippen LogP contribution in [0.4, 0.5) is 0 Å². The van der Waals surface area contributed by atoms with Gasteiger partial charge in [-0.1, -0.05) is 6.92 Å². The van der Waals surface area contributed by atoms with Crippen molar-refractivity contribution in [3.63, 3.8) is 0 Å². The van der Waals surface area contributed by atoms with Crippen LogP contribution in [0.25, 0.3) is 0 Å². The van der Waals surface area contributed by atoms with Crippen molar-refractivity contribution in [3.05, 3.63) is 0 Å². The molecular formula is C12H24O4S. The van der Waals surface area contributed by atoms with Gasteiger partial charge in [0.25, 0.3) is 0 Å². The van der Waals surface area contributed by atoms with Gasteiger partial charge in [0, 0.05) is 12.4 Å². The molecule has 0 saturated carbocycles. The van der Waals surface area contributed by atoms with Crippen molar-refractivity contribution in [2.45, 2.75) is 57.7 Å². The lowest BCUT2D eigenvalue weighted by atomic mass is 10.0. The number of ether oxygens (including phenoxy) is 1. The zero-order valence-corrected chi connectivity index (χ0v) is 11.4. The summed E-state index contributed by atoms with van der Waals surface area (Å²) in [6, 6.07) is 0. The number of hydrogen-bond acceptors (Lipinski definition) is 4. The second-order valence-electron chi connectivity index (χ2n) is 4.74. The first-order valence-corrected chi connectivity index (χ1v) is 8.35. The van der Waals surface area contributed by atoms with Crippen molar-refractivity contribution >= 4 is 9.84 Å². The van der Waals surface area contributed by atoms with E-state index in [1.165, 1.54) is 0 Å². The maximum atomic E-state index is 11.2. The Morgan fingerprint density at radius 2 is 2.18 bits per heavy atom. The Bertz CT molecular complexity index is 294. The summed E-state index contributed by atoms with van der Waals surface area (Å²) in [7, 11) is -2.88. The van der Waals surface area contributed by atoms with Gasteiger partial charge in [-0.2, -0.15) is 0 Å². The fraction of sp³-hybridized carbons (Fsp3) is 1.00. The molecule has 1 aliphatic rings. The SMILES string of the molecule is CCS(=O)(=O)CCCC(O)CCC1CCCO1. The first-order chi connectivity index (χ1) is 8.03. The van der Waals surface area contributed by atoms with Crippen molar-refractivity contribution in [3.8, 4) is 0 Å². The molecule has 1 fully saturated rings. The third kappa shape index (κ3) is 6.38. The lowest BCUT2D eigenvalue weighted by Crippen LogP contribution is -2.15. The fourth-order valence-corrected chi connectivity index (χ4v) is 2.97. The lowest BCUT2D eigenvalue weighted by molar-refractivity contribution is 0.0788. The van der Waals surface area contributed by atoms with Crippen LogP contribution in [-0.4, -0.2) is 43.8 Å². The molecule has 0 aromatic rings. The summed E-state index contributed by atoms with van der Waals surface area (Å²) in [5, 5.41) is 9.73. The molecule has 0 aromatic heterocycles. The van der Waals surface area contributed by atoms with E-state index in [1.807, 2.05) is 0 Å². The van der Waals surface area contributed by atoms with Gasteiger partial charge >= 0.3 is 0 Å². The van der Waals surface area contributed by atoms with Crippen molar-refractivity contribution in [1.82, 2.24) is 0 Å². The van der Waals surface area contributed by atoms with E-state index < -0.39 is 9.84 Å². The molecule has 0 aliphatic carbocycles. The van der Waals surface area contributed by atoms with Crippen LogP contribution in [0.3, 0.4) is 0 Å². The number of sulfone groups is 1. The van der Waals surface area contributed by atoms with Crippen LogP contribution in [-0.2, 0) is 14.6 Å². The van der Waals surface area contributed by atoms with Crippen molar-refractivity contribution in [1.29, 1.82) is 0 Å². The Morgan fingerprint density at radius 1 is 1.41 bits per heavy atom. The van der Waals surface area contributed by atoms with E-state index in [2.05, 4.69) is 0 Å². The van der Waals surface area contributed by atoms with Gasteiger partial charge in [-0.15, -0.1) is 0 Å². The summed E-state index contributed by atoms with van der Waals surface area (Å²) in [6.45, 7) is 2.50. The normalized spacial score (nSPS) is 22.8. The van der Waals surface area contributed by atoms with E-state index in [0.717, 1.165) is 32.3 Å². The molecule has 5 heteroatoms. The minimum Gasteiger partial charge on any atom is -0.393 e. The molecular weight excluding hydrogens is 240 g/mol. The van der Waals surface area contributed by atoms with Crippen molar-refractivity contribution < 1.29 is 18.3 Å². The summed E-state index contributed by atoms with van der Waals surface area (Å²) in [5.74, 6) is 0.388. The highest BCUT2D eigenvalue weighted by Crippen LogP contribution is 2.18. The minimum absolute atomic E-state index is 0.193. The maximum Gasteiger partial charge on any atom is 0.150 e. The Labute approximate surface area is 104 Å². The summed E-state index contributed by atoms with van der Waals surface area (Å²) >= 11 is 0. The molecule has 2 atom stereocenters. The number of hydrogen-bond donors (Lipinski definition) is 1. The molecule has 0 spiro atoms. The minimum atomic E-state index is -2.88. The van der Waals surface area contributed by atoms with Crippen molar-refractivity contribution in [2.75, 3.05) is 18.1 Å². The standard InChI is InChI=1S/C12H24O4S/c1-2-17(14,15)10-4-5-11(13)7-8-12-6-3-9-16-12/h11-13H,2-10H2,1H3. The van der Waals surface area contributed by atoms with Gasteiger partial charge in [-0.05, 0) is 38.5 Å². The van der Waals surface area contributed by atoms with Gasteiger partial charge in [-0.3, -0.25) is 0 Å². The quantitative estimate of drug-likeness (QED) is 0.722. The molecule has 1 N–H and O–H groups in total. The van der Waals surface area contributed by atoms with Gasteiger partial charge in [0.15, 0.2) is 0 Å².